The van der Waals surface area contributed by atoms with Crippen LogP contribution in [-0.2, 0) is 14.3 Å². The summed E-state index contributed by atoms with van der Waals surface area (Å²) >= 11 is 0. The molecule has 0 bridgehead atoms. The third-order valence-electron chi connectivity index (χ3n) is 3.91. The Labute approximate surface area is 120 Å². The van der Waals surface area contributed by atoms with Crippen LogP contribution in [0.15, 0.2) is 0 Å². The van der Waals surface area contributed by atoms with Gasteiger partial charge >= 0.3 is 6.09 Å². The molecule has 5 heteroatoms. The van der Waals surface area contributed by atoms with Crippen molar-refractivity contribution in [3.63, 3.8) is 0 Å². The number of rotatable bonds is 3. The van der Waals surface area contributed by atoms with Crippen molar-refractivity contribution in [1.82, 2.24) is 4.90 Å². The fraction of sp³-hybridized carbons (Fsp3) is 0.867. The van der Waals surface area contributed by atoms with Gasteiger partial charge in [-0.2, -0.15) is 0 Å². The summed E-state index contributed by atoms with van der Waals surface area (Å²) in [6, 6.07) is -0.422. The van der Waals surface area contributed by atoms with Crippen LogP contribution in [0.25, 0.3) is 0 Å². The highest BCUT2D eigenvalue weighted by molar-refractivity contribution is 5.91. The third kappa shape index (κ3) is 3.32. The normalized spacial score (nSPS) is 27.6. The van der Waals surface area contributed by atoms with Crippen LogP contribution in [0.4, 0.5) is 4.79 Å². The fourth-order valence-corrected chi connectivity index (χ4v) is 2.96. The molecule has 114 valence electrons. The smallest absolute Gasteiger partial charge is 0.410 e. The number of hydrogen-bond acceptors (Lipinski definition) is 4. The standard InChI is InChI=1S/C15H25NO4/c1-5-10(8-15(2,3)4)20-14(18)16-7-6-12-13(16)11(17)9-19-12/h10,12-13H,5-9H2,1-4H3/t10-,12?,13?/m0/s1. The number of ketones is 1. The molecular formula is C15H25NO4. The number of nitrogens with zero attached hydrogens (tertiary/aromatic N) is 1. The highest BCUT2D eigenvalue weighted by Gasteiger charge is 2.47. The number of amides is 1. The van der Waals surface area contributed by atoms with Crippen molar-refractivity contribution in [2.24, 2.45) is 5.41 Å². The molecule has 1 amide bonds. The average molecular weight is 283 g/mol. The van der Waals surface area contributed by atoms with Crippen LogP contribution in [0, 0.1) is 5.41 Å². The molecule has 2 unspecified atom stereocenters. The number of fused-ring (bicyclic) bond motifs is 1. The van der Waals surface area contributed by atoms with Gasteiger partial charge in [0.25, 0.3) is 0 Å². The van der Waals surface area contributed by atoms with Gasteiger partial charge in [0.2, 0.25) is 0 Å². The summed E-state index contributed by atoms with van der Waals surface area (Å²) in [4.78, 5) is 25.6. The highest BCUT2D eigenvalue weighted by Crippen LogP contribution is 2.29. The van der Waals surface area contributed by atoms with Gasteiger partial charge in [-0.1, -0.05) is 27.7 Å². The minimum atomic E-state index is -0.422. The Bertz CT molecular complexity index is 388. The quantitative estimate of drug-likeness (QED) is 0.798. The second-order valence-corrected chi connectivity index (χ2v) is 6.92. The molecule has 2 fully saturated rings. The molecule has 0 aromatic carbocycles. The summed E-state index contributed by atoms with van der Waals surface area (Å²) in [6.07, 6.45) is 1.74. The lowest BCUT2D eigenvalue weighted by Crippen LogP contribution is -2.43. The Morgan fingerprint density at radius 3 is 2.80 bits per heavy atom. The van der Waals surface area contributed by atoms with Crippen molar-refractivity contribution in [2.45, 2.75) is 65.2 Å². The predicted molar refractivity (Wildman–Crippen MR) is 74.5 cm³/mol. The van der Waals surface area contributed by atoms with E-state index in [0.717, 1.165) is 19.3 Å². The SMILES string of the molecule is CC[C@@H](CC(C)(C)C)OC(=O)N1CCC2OCC(=O)C21. The van der Waals surface area contributed by atoms with Crippen molar-refractivity contribution in [3.8, 4) is 0 Å². The van der Waals surface area contributed by atoms with E-state index in [-0.39, 0.29) is 36.1 Å². The lowest BCUT2D eigenvalue weighted by Gasteiger charge is -2.28. The second-order valence-electron chi connectivity index (χ2n) is 6.92. The molecule has 3 atom stereocenters. The summed E-state index contributed by atoms with van der Waals surface area (Å²) in [6.45, 7) is 9.07. The van der Waals surface area contributed by atoms with E-state index in [1.807, 2.05) is 6.92 Å². The Morgan fingerprint density at radius 2 is 2.20 bits per heavy atom. The number of Topliss-reactive ketones (excluding diaryl/α,β-unsaturated/α-hetero) is 1. The van der Waals surface area contributed by atoms with Crippen molar-refractivity contribution in [3.05, 3.63) is 0 Å². The van der Waals surface area contributed by atoms with Crippen LogP contribution in [0.3, 0.4) is 0 Å². The largest absolute Gasteiger partial charge is 0.446 e. The van der Waals surface area contributed by atoms with Gasteiger partial charge in [0.1, 0.15) is 18.8 Å². The first kappa shape index (κ1) is 15.3. The van der Waals surface area contributed by atoms with E-state index in [2.05, 4.69) is 20.8 Å². The van der Waals surface area contributed by atoms with E-state index in [1.54, 1.807) is 4.90 Å². The van der Waals surface area contributed by atoms with Gasteiger partial charge in [-0.25, -0.2) is 4.79 Å². The van der Waals surface area contributed by atoms with Gasteiger partial charge < -0.3 is 9.47 Å². The van der Waals surface area contributed by atoms with Crippen molar-refractivity contribution in [2.75, 3.05) is 13.2 Å². The molecule has 20 heavy (non-hydrogen) atoms. The molecule has 0 saturated carbocycles. The molecule has 2 saturated heterocycles. The molecule has 2 aliphatic heterocycles. The first-order valence-electron chi connectivity index (χ1n) is 7.43. The summed E-state index contributed by atoms with van der Waals surface area (Å²) in [5, 5.41) is 0. The summed E-state index contributed by atoms with van der Waals surface area (Å²) in [5.74, 6) is -0.00619. The Kier molecular flexibility index (Phi) is 4.37. The number of likely N-dealkylation sites (tertiary alicyclic amines) is 1. The summed E-state index contributed by atoms with van der Waals surface area (Å²) in [7, 11) is 0. The molecule has 5 nitrogen and oxygen atoms in total. The topological polar surface area (TPSA) is 55.8 Å². The molecule has 0 aromatic rings. The maximum absolute atomic E-state index is 12.3. The van der Waals surface area contributed by atoms with Gasteiger partial charge in [0.05, 0.1) is 6.10 Å². The molecule has 0 aliphatic carbocycles. The zero-order valence-corrected chi connectivity index (χ0v) is 12.8. The Hall–Kier alpha value is -1.10. The first-order valence-corrected chi connectivity index (χ1v) is 7.43. The van der Waals surface area contributed by atoms with Crippen LogP contribution >= 0.6 is 0 Å². The maximum atomic E-state index is 12.3. The lowest BCUT2D eigenvalue weighted by atomic mass is 9.88. The Morgan fingerprint density at radius 1 is 1.50 bits per heavy atom. The highest BCUT2D eigenvalue weighted by atomic mass is 16.6. The van der Waals surface area contributed by atoms with E-state index >= 15 is 0 Å². The van der Waals surface area contributed by atoms with Crippen LogP contribution in [0.5, 0.6) is 0 Å². The first-order chi connectivity index (χ1) is 9.31. The molecule has 2 aliphatic rings. The third-order valence-corrected chi connectivity index (χ3v) is 3.91. The van der Waals surface area contributed by atoms with Gasteiger partial charge in [0, 0.05) is 6.54 Å². The minimum absolute atomic E-state index is 0.00619. The monoisotopic (exact) mass is 283 g/mol. The molecule has 2 heterocycles. The number of ether oxygens (including phenoxy) is 2. The van der Waals surface area contributed by atoms with E-state index in [0.29, 0.717) is 6.54 Å². The van der Waals surface area contributed by atoms with E-state index < -0.39 is 6.04 Å². The predicted octanol–water partition coefficient (Wildman–Crippen LogP) is 2.38. The molecule has 0 radical (unpaired) electrons. The van der Waals surface area contributed by atoms with Crippen LogP contribution < -0.4 is 0 Å². The second kappa shape index (κ2) is 5.72. The minimum Gasteiger partial charge on any atom is -0.446 e. The number of hydrogen-bond donors (Lipinski definition) is 0. The summed E-state index contributed by atoms with van der Waals surface area (Å²) < 4.78 is 11.0. The van der Waals surface area contributed by atoms with Gasteiger partial charge in [-0.15, -0.1) is 0 Å². The van der Waals surface area contributed by atoms with Gasteiger partial charge in [0.15, 0.2) is 5.78 Å². The molecular weight excluding hydrogens is 258 g/mol. The van der Waals surface area contributed by atoms with Crippen LogP contribution in [0.2, 0.25) is 0 Å². The zero-order valence-electron chi connectivity index (χ0n) is 12.8. The molecule has 0 N–H and O–H groups in total. The van der Waals surface area contributed by atoms with E-state index in [9.17, 15) is 9.59 Å². The van der Waals surface area contributed by atoms with Crippen LogP contribution in [-0.4, -0.2) is 48.2 Å². The molecule has 0 aromatic heterocycles. The number of carbonyl (C=O) groups is 2. The maximum Gasteiger partial charge on any atom is 0.410 e. The van der Waals surface area contributed by atoms with E-state index in [1.165, 1.54) is 0 Å². The average Bonchev–Trinajstić information content (AvgIpc) is 2.90. The van der Waals surface area contributed by atoms with Gasteiger partial charge in [-0.05, 0) is 24.7 Å². The van der Waals surface area contributed by atoms with Crippen LogP contribution in [0.1, 0.15) is 47.0 Å². The zero-order chi connectivity index (χ0) is 14.9. The molecule has 0 spiro atoms. The van der Waals surface area contributed by atoms with Gasteiger partial charge in [-0.3, -0.25) is 9.69 Å². The van der Waals surface area contributed by atoms with Crippen molar-refractivity contribution >= 4 is 11.9 Å². The van der Waals surface area contributed by atoms with E-state index in [4.69, 9.17) is 9.47 Å². The Balaban J connectivity index is 1.95. The van der Waals surface area contributed by atoms with Crippen molar-refractivity contribution < 1.29 is 19.1 Å². The van der Waals surface area contributed by atoms with Crippen molar-refractivity contribution in [1.29, 1.82) is 0 Å². The summed E-state index contributed by atoms with van der Waals surface area (Å²) in [5.41, 5.74) is 0.112. The number of carbonyl (C=O) groups excluding carboxylic acids is 2. The molecule has 2 rings (SSSR count). The lowest BCUT2D eigenvalue weighted by molar-refractivity contribution is -0.121. The fourth-order valence-electron chi connectivity index (χ4n) is 2.96.